The van der Waals surface area contributed by atoms with Gasteiger partial charge in [-0.05, 0) is 45.8 Å². The number of halogens is 2. The lowest BCUT2D eigenvalue weighted by Gasteiger charge is -2.09. The molecule has 0 aliphatic heterocycles. The van der Waals surface area contributed by atoms with Gasteiger partial charge >= 0.3 is 0 Å². The smallest absolute Gasteiger partial charge is 0.279 e. The molecule has 0 saturated heterocycles. The first-order chi connectivity index (χ1) is 9.42. The summed E-state index contributed by atoms with van der Waals surface area (Å²) in [5.74, 6) is -0.544. The average molecular weight is 360 g/mol. The van der Waals surface area contributed by atoms with E-state index in [0.29, 0.717) is 4.47 Å². The predicted molar refractivity (Wildman–Crippen MR) is 77.0 cm³/mol. The molecule has 0 saturated carbocycles. The Kier molecular flexibility index (Phi) is 4.36. The molecule has 1 heterocycles. The van der Waals surface area contributed by atoms with Crippen molar-refractivity contribution in [1.29, 1.82) is 0 Å². The van der Waals surface area contributed by atoms with Gasteiger partial charge in [-0.3, -0.25) is 4.72 Å². The molecule has 2 aromatic rings. The number of hydrogen-bond donors (Lipinski definition) is 2. The highest BCUT2D eigenvalue weighted by Crippen LogP contribution is 2.25. The fraction of sp³-hybridized carbons (Fsp3) is 0.0833. The van der Waals surface area contributed by atoms with Gasteiger partial charge in [0.1, 0.15) is 5.82 Å². The maximum Gasteiger partial charge on any atom is 0.279 e. The summed E-state index contributed by atoms with van der Waals surface area (Å²) in [5, 5.41) is -0.161. The molecule has 20 heavy (non-hydrogen) atoms. The van der Waals surface area contributed by atoms with Crippen LogP contribution < -0.4 is 10.5 Å². The highest BCUT2D eigenvalue weighted by molar-refractivity contribution is 9.10. The highest BCUT2D eigenvalue weighted by atomic mass is 79.9. The first-order valence-corrected chi connectivity index (χ1v) is 7.83. The lowest BCUT2D eigenvalue weighted by atomic mass is 10.3. The van der Waals surface area contributed by atoms with E-state index in [4.69, 9.17) is 5.73 Å². The van der Waals surface area contributed by atoms with Crippen molar-refractivity contribution in [3.8, 4) is 0 Å². The van der Waals surface area contributed by atoms with Gasteiger partial charge in [0.15, 0.2) is 5.03 Å². The van der Waals surface area contributed by atoms with Crippen LogP contribution in [-0.2, 0) is 16.6 Å². The van der Waals surface area contributed by atoms with Gasteiger partial charge in [0.05, 0.1) is 5.69 Å². The quantitative estimate of drug-likeness (QED) is 0.876. The van der Waals surface area contributed by atoms with Crippen molar-refractivity contribution in [2.45, 2.75) is 11.6 Å². The number of hydrogen-bond acceptors (Lipinski definition) is 4. The molecule has 0 bridgehead atoms. The average Bonchev–Trinajstić information content (AvgIpc) is 2.43. The zero-order valence-electron chi connectivity index (χ0n) is 10.2. The monoisotopic (exact) mass is 359 g/mol. The van der Waals surface area contributed by atoms with E-state index in [9.17, 15) is 12.8 Å². The van der Waals surface area contributed by atoms with Crippen molar-refractivity contribution < 1.29 is 12.8 Å². The molecule has 5 nitrogen and oxygen atoms in total. The molecule has 0 atom stereocenters. The van der Waals surface area contributed by atoms with Crippen LogP contribution in [0.15, 0.2) is 46.0 Å². The number of nitrogens with two attached hydrogens (primary N) is 1. The standard InChI is InChI=1S/C12H11BrFN3O2S/c13-10-3-2-9(14)5-11(10)17-20(18,19)12-4-1-8(6-15)7-16-12/h1-5,7,17H,6,15H2. The van der Waals surface area contributed by atoms with Crippen LogP contribution in [0.4, 0.5) is 10.1 Å². The molecule has 1 aromatic heterocycles. The molecule has 0 aliphatic rings. The Balaban J connectivity index is 2.32. The number of benzene rings is 1. The second-order valence-corrected chi connectivity index (χ2v) is 6.42. The van der Waals surface area contributed by atoms with Crippen molar-refractivity contribution in [3.63, 3.8) is 0 Å². The Bertz CT molecular complexity index is 720. The number of pyridine rings is 1. The molecule has 106 valence electrons. The molecule has 0 amide bonds. The zero-order chi connectivity index (χ0) is 14.8. The van der Waals surface area contributed by atoms with Crippen LogP contribution in [0.25, 0.3) is 0 Å². The lowest BCUT2D eigenvalue weighted by Crippen LogP contribution is -2.15. The van der Waals surface area contributed by atoms with E-state index >= 15 is 0 Å². The van der Waals surface area contributed by atoms with Crippen LogP contribution in [-0.4, -0.2) is 13.4 Å². The van der Waals surface area contributed by atoms with Crippen LogP contribution in [0.2, 0.25) is 0 Å². The van der Waals surface area contributed by atoms with Crippen LogP contribution in [0.1, 0.15) is 5.56 Å². The lowest BCUT2D eigenvalue weighted by molar-refractivity contribution is 0.597. The van der Waals surface area contributed by atoms with Crippen LogP contribution in [0.5, 0.6) is 0 Å². The Morgan fingerprint density at radius 2 is 2.05 bits per heavy atom. The Morgan fingerprint density at radius 1 is 1.30 bits per heavy atom. The van der Waals surface area contributed by atoms with Crippen molar-refractivity contribution >= 4 is 31.6 Å². The SMILES string of the molecule is NCc1ccc(S(=O)(=O)Nc2cc(F)ccc2Br)nc1. The number of sulfonamides is 1. The first kappa shape index (κ1) is 14.9. The maximum absolute atomic E-state index is 13.1. The van der Waals surface area contributed by atoms with Gasteiger partial charge in [-0.25, -0.2) is 9.37 Å². The summed E-state index contributed by atoms with van der Waals surface area (Å²) in [5.41, 5.74) is 6.24. The number of nitrogens with one attached hydrogen (secondary N) is 1. The summed E-state index contributed by atoms with van der Waals surface area (Å²) in [4.78, 5) is 3.83. The summed E-state index contributed by atoms with van der Waals surface area (Å²) in [6.45, 7) is 0.274. The van der Waals surface area contributed by atoms with Gasteiger partial charge in [-0.2, -0.15) is 8.42 Å². The van der Waals surface area contributed by atoms with Crippen molar-refractivity contribution in [2.24, 2.45) is 5.73 Å². The fourth-order valence-electron chi connectivity index (χ4n) is 1.46. The molecule has 1 aromatic carbocycles. The summed E-state index contributed by atoms with van der Waals surface area (Å²) >= 11 is 3.15. The minimum Gasteiger partial charge on any atom is -0.326 e. The minimum absolute atomic E-state index is 0.106. The van der Waals surface area contributed by atoms with Gasteiger partial charge in [-0.15, -0.1) is 0 Å². The molecule has 3 N–H and O–H groups in total. The number of nitrogens with zero attached hydrogens (tertiary/aromatic N) is 1. The summed E-state index contributed by atoms with van der Waals surface area (Å²) < 4.78 is 40.1. The number of anilines is 1. The molecule has 0 spiro atoms. The van der Waals surface area contributed by atoms with Gasteiger partial charge < -0.3 is 5.73 Å². The Hall–Kier alpha value is -1.51. The maximum atomic E-state index is 13.1. The van der Waals surface area contributed by atoms with Crippen LogP contribution in [0.3, 0.4) is 0 Å². The number of rotatable bonds is 4. The molecule has 0 radical (unpaired) electrons. The van der Waals surface area contributed by atoms with Gasteiger partial charge in [0.25, 0.3) is 10.0 Å². The van der Waals surface area contributed by atoms with Crippen molar-refractivity contribution in [2.75, 3.05) is 4.72 Å². The number of aromatic nitrogens is 1. The third kappa shape index (κ3) is 3.33. The van der Waals surface area contributed by atoms with Crippen LogP contribution >= 0.6 is 15.9 Å². The molecule has 2 rings (SSSR count). The van der Waals surface area contributed by atoms with E-state index in [-0.39, 0.29) is 17.3 Å². The third-order valence-electron chi connectivity index (χ3n) is 2.48. The predicted octanol–water partition coefficient (Wildman–Crippen LogP) is 2.24. The summed E-state index contributed by atoms with van der Waals surface area (Å²) in [7, 11) is -3.88. The molecular weight excluding hydrogens is 349 g/mol. The van der Waals surface area contributed by atoms with E-state index in [1.807, 2.05) is 0 Å². The highest BCUT2D eigenvalue weighted by Gasteiger charge is 2.17. The molecular formula is C12H11BrFN3O2S. The fourth-order valence-corrected chi connectivity index (χ4v) is 2.94. The second kappa shape index (κ2) is 5.86. The topological polar surface area (TPSA) is 85.1 Å². The Labute approximate surface area is 124 Å². The third-order valence-corrected chi connectivity index (χ3v) is 4.45. The molecule has 0 fully saturated rings. The first-order valence-electron chi connectivity index (χ1n) is 5.55. The van der Waals surface area contributed by atoms with E-state index < -0.39 is 15.8 Å². The van der Waals surface area contributed by atoms with Crippen molar-refractivity contribution in [3.05, 3.63) is 52.4 Å². The Morgan fingerprint density at radius 3 is 2.65 bits per heavy atom. The molecule has 0 unspecified atom stereocenters. The molecule has 0 aliphatic carbocycles. The largest absolute Gasteiger partial charge is 0.326 e. The zero-order valence-corrected chi connectivity index (χ0v) is 12.6. The summed E-state index contributed by atoms with van der Waals surface area (Å²) in [6, 6.07) is 6.63. The van der Waals surface area contributed by atoms with E-state index in [2.05, 4.69) is 25.6 Å². The normalized spacial score (nSPS) is 11.3. The molecule has 8 heteroatoms. The van der Waals surface area contributed by atoms with Gasteiger partial charge in [0, 0.05) is 17.2 Å². The van der Waals surface area contributed by atoms with Gasteiger partial charge in [0.2, 0.25) is 0 Å². The minimum atomic E-state index is -3.88. The van der Waals surface area contributed by atoms with Gasteiger partial charge in [-0.1, -0.05) is 6.07 Å². The van der Waals surface area contributed by atoms with Crippen LogP contribution in [0, 0.1) is 5.82 Å². The van der Waals surface area contributed by atoms with E-state index in [1.54, 1.807) is 6.07 Å². The summed E-state index contributed by atoms with van der Waals surface area (Å²) in [6.07, 6.45) is 1.38. The second-order valence-electron chi connectivity index (χ2n) is 3.94. The van der Waals surface area contributed by atoms with E-state index in [0.717, 1.165) is 11.6 Å². The van der Waals surface area contributed by atoms with Crippen molar-refractivity contribution in [1.82, 2.24) is 4.98 Å². The van der Waals surface area contributed by atoms with E-state index in [1.165, 1.54) is 24.4 Å².